The Hall–Kier alpha value is -1.91. The van der Waals surface area contributed by atoms with E-state index in [1.54, 1.807) is 6.20 Å². The molecule has 1 fully saturated rings. The number of fused-ring (bicyclic) bond motifs is 1. The van der Waals surface area contributed by atoms with Crippen LogP contribution in [0, 0.1) is 5.92 Å². The Kier molecular flexibility index (Phi) is 2.09. The van der Waals surface area contributed by atoms with Gasteiger partial charge in [-0.2, -0.15) is 5.10 Å². The van der Waals surface area contributed by atoms with Gasteiger partial charge in [-0.05, 0) is 30.9 Å². The Bertz CT molecular complexity index is 530. The average molecular weight is 216 g/mol. The molecule has 0 aromatic carbocycles. The van der Waals surface area contributed by atoms with Crippen molar-refractivity contribution < 1.29 is 4.79 Å². The molecule has 16 heavy (non-hydrogen) atoms. The zero-order chi connectivity index (χ0) is 11.0. The Labute approximate surface area is 92.3 Å². The summed E-state index contributed by atoms with van der Waals surface area (Å²) in [4.78, 5) is 15.8. The van der Waals surface area contributed by atoms with Crippen LogP contribution in [-0.2, 0) is 4.79 Å². The normalized spacial score (nSPS) is 15.2. The lowest BCUT2D eigenvalue weighted by atomic mass is 10.3. The van der Waals surface area contributed by atoms with Crippen molar-refractivity contribution in [3.8, 4) is 0 Å². The van der Waals surface area contributed by atoms with Gasteiger partial charge in [-0.15, -0.1) is 0 Å². The van der Waals surface area contributed by atoms with E-state index in [-0.39, 0.29) is 5.91 Å². The third-order valence-electron chi connectivity index (χ3n) is 2.75. The monoisotopic (exact) mass is 216 g/mol. The minimum Gasteiger partial charge on any atom is -0.307 e. The molecule has 1 saturated carbocycles. The molecule has 0 unspecified atom stereocenters. The van der Waals surface area contributed by atoms with Crippen LogP contribution in [0.15, 0.2) is 18.3 Å². The van der Waals surface area contributed by atoms with Crippen molar-refractivity contribution in [1.29, 1.82) is 0 Å². The first kappa shape index (κ1) is 9.33. The van der Waals surface area contributed by atoms with Gasteiger partial charge in [-0.25, -0.2) is 0 Å². The van der Waals surface area contributed by atoms with E-state index in [9.17, 15) is 4.79 Å². The lowest BCUT2D eigenvalue weighted by molar-refractivity contribution is -0.116. The summed E-state index contributed by atoms with van der Waals surface area (Å²) in [5.74, 6) is 1.14. The van der Waals surface area contributed by atoms with Crippen LogP contribution in [0.1, 0.15) is 19.3 Å². The number of aromatic amines is 1. The summed E-state index contributed by atoms with van der Waals surface area (Å²) in [5, 5.41) is 9.67. The second kappa shape index (κ2) is 3.59. The molecule has 0 bridgehead atoms. The fraction of sp³-hybridized carbons (Fsp3) is 0.364. The fourth-order valence-corrected chi connectivity index (χ4v) is 1.71. The first-order valence-corrected chi connectivity index (χ1v) is 5.42. The van der Waals surface area contributed by atoms with Crippen LogP contribution in [0.25, 0.3) is 11.0 Å². The first-order valence-electron chi connectivity index (χ1n) is 5.42. The number of hydrogen-bond acceptors (Lipinski definition) is 3. The minimum absolute atomic E-state index is 0.0292. The van der Waals surface area contributed by atoms with Crippen LogP contribution in [0.4, 0.5) is 5.82 Å². The van der Waals surface area contributed by atoms with Gasteiger partial charge in [0.25, 0.3) is 0 Å². The van der Waals surface area contributed by atoms with E-state index in [2.05, 4.69) is 20.5 Å². The van der Waals surface area contributed by atoms with Crippen molar-refractivity contribution in [3.63, 3.8) is 0 Å². The van der Waals surface area contributed by atoms with Crippen molar-refractivity contribution in [2.75, 3.05) is 5.32 Å². The van der Waals surface area contributed by atoms with E-state index < -0.39 is 0 Å². The van der Waals surface area contributed by atoms with Crippen LogP contribution in [0.3, 0.4) is 0 Å². The van der Waals surface area contributed by atoms with Gasteiger partial charge in [-0.3, -0.25) is 14.9 Å². The van der Waals surface area contributed by atoms with Crippen molar-refractivity contribution in [2.24, 2.45) is 5.92 Å². The Balaban J connectivity index is 1.80. The standard InChI is InChI=1S/C11H12N4O/c16-9(6-7-3-4-7)13-11-10-8(14-15-11)2-1-5-12-10/h1-2,5,7H,3-4,6H2,(H2,13,14,15,16). The van der Waals surface area contributed by atoms with E-state index >= 15 is 0 Å². The third-order valence-corrected chi connectivity index (χ3v) is 2.75. The average Bonchev–Trinajstić information content (AvgIpc) is 3.00. The molecule has 2 aromatic heterocycles. The Morgan fingerprint density at radius 2 is 2.44 bits per heavy atom. The molecule has 1 aliphatic rings. The number of rotatable bonds is 3. The number of aromatic nitrogens is 3. The molecule has 2 N–H and O–H groups in total. The smallest absolute Gasteiger partial charge is 0.225 e. The van der Waals surface area contributed by atoms with Crippen molar-refractivity contribution in [3.05, 3.63) is 18.3 Å². The number of amides is 1. The number of anilines is 1. The van der Waals surface area contributed by atoms with Crippen molar-refractivity contribution >= 4 is 22.8 Å². The van der Waals surface area contributed by atoms with Gasteiger partial charge in [-0.1, -0.05) is 0 Å². The Morgan fingerprint density at radius 3 is 3.25 bits per heavy atom. The van der Waals surface area contributed by atoms with Crippen molar-refractivity contribution in [2.45, 2.75) is 19.3 Å². The maximum atomic E-state index is 11.6. The summed E-state index contributed by atoms with van der Waals surface area (Å²) >= 11 is 0. The van der Waals surface area contributed by atoms with Crippen LogP contribution in [0.2, 0.25) is 0 Å². The van der Waals surface area contributed by atoms with E-state index in [1.165, 1.54) is 12.8 Å². The molecule has 2 heterocycles. The zero-order valence-electron chi connectivity index (χ0n) is 8.73. The van der Waals surface area contributed by atoms with Gasteiger partial charge in [0.1, 0.15) is 5.52 Å². The molecule has 0 atom stereocenters. The molecular formula is C11H12N4O. The topological polar surface area (TPSA) is 70.7 Å². The summed E-state index contributed by atoms with van der Waals surface area (Å²) in [7, 11) is 0. The highest BCUT2D eigenvalue weighted by atomic mass is 16.1. The van der Waals surface area contributed by atoms with E-state index in [0.29, 0.717) is 23.7 Å². The highest BCUT2D eigenvalue weighted by molar-refractivity contribution is 5.97. The number of carbonyl (C=O) groups excluding carboxylic acids is 1. The predicted octanol–water partition coefficient (Wildman–Crippen LogP) is 1.70. The van der Waals surface area contributed by atoms with Crippen LogP contribution >= 0.6 is 0 Å². The number of pyridine rings is 1. The Morgan fingerprint density at radius 1 is 1.56 bits per heavy atom. The summed E-state index contributed by atoms with van der Waals surface area (Å²) in [5.41, 5.74) is 1.55. The van der Waals surface area contributed by atoms with Gasteiger partial charge in [0.2, 0.25) is 5.91 Å². The van der Waals surface area contributed by atoms with Crippen LogP contribution in [-0.4, -0.2) is 21.1 Å². The lowest BCUT2D eigenvalue weighted by Crippen LogP contribution is -2.12. The highest BCUT2D eigenvalue weighted by Gasteiger charge is 2.24. The highest BCUT2D eigenvalue weighted by Crippen LogP contribution is 2.32. The van der Waals surface area contributed by atoms with Crippen LogP contribution < -0.4 is 5.32 Å². The summed E-state index contributed by atoms with van der Waals surface area (Å²) < 4.78 is 0. The maximum Gasteiger partial charge on any atom is 0.225 e. The molecule has 0 radical (unpaired) electrons. The molecule has 0 aliphatic heterocycles. The van der Waals surface area contributed by atoms with Gasteiger partial charge in [0.05, 0.1) is 5.52 Å². The minimum atomic E-state index is 0.0292. The third kappa shape index (κ3) is 1.76. The lowest BCUT2D eigenvalue weighted by Gasteiger charge is -2.00. The largest absolute Gasteiger partial charge is 0.307 e. The second-order valence-electron chi connectivity index (χ2n) is 4.17. The van der Waals surface area contributed by atoms with Crippen molar-refractivity contribution in [1.82, 2.24) is 15.2 Å². The number of nitrogens with one attached hydrogen (secondary N) is 2. The van der Waals surface area contributed by atoms with Crippen LogP contribution in [0.5, 0.6) is 0 Å². The molecule has 0 spiro atoms. The number of nitrogens with zero attached hydrogens (tertiary/aromatic N) is 2. The van der Waals surface area contributed by atoms with E-state index in [0.717, 1.165) is 5.52 Å². The van der Waals surface area contributed by atoms with Gasteiger partial charge < -0.3 is 5.32 Å². The maximum absolute atomic E-state index is 11.6. The molecule has 0 saturated heterocycles. The molecule has 2 aromatic rings. The molecule has 3 rings (SSSR count). The quantitative estimate of drug-likeness (QED) is 0.820. The van der Waals surface area contributed by atoms with E-state index in [4.69, 9.17) is 0 Å². The zero-order valence-corrected chi connectivity index (χ0v) is 8.73. The number of carbonyl (C=O) groups is 1. The molecule has 1 aliphatic carbocycles. The summed E-state index contributed by atoms with van der Waals surface area (Å²) in [6.45, 7) is 0. The second-order valence-corrected chi connectivity index (χ2v) is 4.17. The van der Waals surface area contributed by atoms with Gasteiger partial charge in [0.15, 0.2) is 5.82 Å². The van der Waals surface area contributed by atoms with Gasteiger partial charge in [0, 0.05) is 12.6 Å². The SMILES string of the molecule is O=C(CC1CC1)Nc1n[nH]c2cccnc12. The molecule has 82 valence electrons. The van der Waals surface area contributed by atoms with E-state index in [1.807, 2.05) is 12.1 Å². The summed E-state index contributed by atoms with van der Waals surface area (Å²) in [6, 6.07) is 3.71. The fourth-order valence-electron chi connectivity index (χ4n) is 1.71. The predicted molar refractivity (Wildman–Crippen MR) is 59.9 cm³/mol. The molecular weight excluding hydrogens is 204 g/mol. The first-order chi connectivity index (χ1) is 7.83. The summed E-state index contributed by atoms with van der Waals surface area (Å²) in [6.07, 6.45) is 4.63. The number of H-pyrrole nitrogens is 1. The van der Waals surface area contributed by atoms with Gasteiger partial charge >= 0.3 is 0 Å². The molecule has 1 amide bonds. The number of hydrogen-bond donors (Lipinski definition) is 2. The molecule has 5 nitrogen and oxygen atoms in total. The molecule has 5 heteroatoms.